The van der Waals surface area contributed by atoms with Gasteiger partial charge in [0.05, 0.1) is 6.04 Å². The van der Waals surface area contributed by atoms with E-state index in [-0.39, 0.29) is 18.4 Å². The Morgan fingerprint density at radius 3 is 2.73 bits per heavy atom. The van der Waals surface area contributed by atoms with E-state index in [2.05, 4.69) is 5.32 Å². The molecule has 1 fully saturated rings. The number of aryl methyl sites for hydroxylation is 1. The second-order valence-electron chi connectivity index (χ2n) is 6.18. The fraction of sp³-hybridized carbons (Fsp3) is 0.529. The molecule has 1 N–H and O–H groups in total. The van der Waals surface area contributed by atoms with Crippen LogP contribution in [0.25, 0.3) is 0 Å². The highest BCUT2D eigenvalue weighted by atomic mass is 16.5. The van der Waals surface area contributed by atoms with Crippen molar-refractivity contribution >= 4 is 11.8 Å². The van der Waals surface area contributed by atoms with E-state index in [4.69, 9.17) is 4.74 Å². The number of carbonyl (C=O) groups excluding carboxylic acids is 2. The normalized spacial score (nSPS) is 22.0. The van der Waals surface area contributed by atoms with Gasteiger partial charge in [-0.1, -0.05) is 38.1 Å². The molecule has 0 aliphatic carbocycles. The van der Waals surface area contributed by atoms with Crippen LogP contribution in [0, 0.1) is 12.8 Å². The first-order chi connectivity index (χ1) is 10.4. The Morgan fingerprint density at radius 1 is 1.41 bits per heavy atom. The Balaban J connectivity index is 2.28. The molecule has 0 radical (unpaired) electrons. The van der Waals surface area contributed by atoms with Crippen LogP contribution in [-0.2, 0) is 14.3 Å². The van der Waals surface area contributed by atoms with E-state index < -0.39 is 12.1 Å². The number of nitrogens with zero attached hydrogens (tertiary/aromatic N) is 1. The van der Waals surface area contributed by atoms with Crippen molar-refractivity contribution in [2.24, 2.45) is 5.92 Å². The topological polar surface area (TPSA) is 58.6 Å². The number of ether oxygens (including phenoxy) is 1. The first kappa shape index (κ1) is 16.5. The fourth-order valence-electron chi connectivity index (χ4n) is 2.63. The zero-order chi connectivity index (χ0) is 16.3. The summed E-state index contributed by atoms with van der Waals surface area (Å²) >= 11 is 0. The SMILES string of the molecule is Cc1ccccc1[C@@H]1[C@@H](C(=O)NCC(C)C)OCC(=O)N1C. The average molecular weight is 304 g/mol. The molecule has 22 heavy (non-hydrogen) atoms. The maximum Gasteiger partial charge on any atom is 0.251 e. The molecule has 1 aromatic rings. The van der Waals surface area contributed by atoms with E-state index in [1.165, 1.54) is 0 Å². The van der Waals surface area contributed by atoms with Crippen molar-refractivity contribution < 1.29 is 14.3 Å². The molecule has 2 atom stereocenters. The molecule has 5 heteroatoms. The smallest absolute Gasteiger partial charge is 0.251 e. The standard InChI is InChI=1S/C17H24N2O3/c1-11(2)9-18-17(21)16-15(19(4)14(20)10-22-16)13-8-6-5-7-12(13)3/h5-8,11,15-16H,9-10H2,1-4H3,(H,18,21)/t15-,16+/m1/s1. The summed E-state index contributed by atoms with van der Waals surface area (Å²) in [6.45, 7) is 6.59. The maximum absolute atomic E-state index is 12.5. The van der Waals surface area contributed by atoms with Gasteiger partial charge in [-0.3, -0.25) is 9.59 Å². The fourth-order valence-corrected chi connectivity index (χ4v) is 2.63. The third-order valence-electron chi connectivity index (χ3n) is 3.93. The largest absolute Gasteiger partial charge is 0.356 e. The quantitative estimate of drug-likeness (QED) is 0.920. The minimum Gasteiger partial charge on any atom is -0.356 e. The highest BCUT2D eigenvalue weighted by Crippen LogP contribution is 2.31. The minimum absolute atomic E-state index is 0.0569. The molecule has 1 aliphatic heterocycles. The number of carbonyl (C=O) groups is 2. The molecule has 1 saturated heterocycles. The van der Waals surface area contributed by atoms with Crippen molar-refractivity contribution in [2.75, 3.05) is 20.2 Å². The van der Waals surface area contributed by atoms with Crippen LogP contribution in [0.15, 0.2) is 24.3 Å². The van der Waals surface area contributed by atoms with Crippen molar-refractivity contribution in [1.82, 2.24) is 10.2 Å². The van der Waals surface area contributed by atoms with E-state index in [1.54, 1.807) is 11.9 Å². The van der Waals surface area contributed by atoms with Crippen LogP contribution in [0.1, 0.15) is 31.0 Å². The van der Waals surface area contributed by atoms with Crippen molar-refractivity contribution in [3.8, 4) is 0 Å². The Hall–Kier alpha value is -1.88. The lowest BCUT2D eigenvalue weighted by Crippen LogP contribution is -2.53. The Bertz CT molecular complexity index is 557. The highest BCUT2D eigenvalue weighted by Gasteiger charge is 2.40. The lowest BCUT2D eigenvalue weighted by Gasteiger charge is -2.39. The molecular formula is C17H24N2O3. The van der Waals surface area contributed by atoms with Crippen LogP contribution in [0.2, 0.25) is 0 Å². The molecule has 1 aromatic carbocycles. The summed E-state index contributed by atoms with van der Waals surface area (Å²) in [5.41, 5.74) is 1.99. The van der Waals surface area contributed by atoms with Gasteiger partial charge in [0, 0.05) is 13.6 Å². The van der Waals surface area contributed by atoms with Crippen molar-refractivity contribution in [2.45, 2.75) is 32.9 Å². The van der Waals surface area contributed by atoms with Crippen LogP contribution in [0.3, 0.4) is 0 Å². The number of morpholine rings is 1. The summed E-state index contributed by atoms with van der Waals surface area (Å²) < 4.78 is 5.57. The van der Waals surface area contributed by atoms with Crippen molar-refractivity contribution in [1.29, 1.82) is 0 Å². The number of amides is 2. The minimum atomic E-state index is -0.678. The summed E-state index contributed by atoms with van der Waals surface area (Å²) in [6, 6.07) is 7.39. The lowest BCUT2D eigenvalue weighted by molar-refractivity contribution is -0.162. The van der Waals surface area contributed by atoms with Gasteiger partial charge in [-0.2, -0.15) is 0 Å². The number of likely N-dealkylation sites (N-methyl/N-ethyl adjacent to an activating group) is 1. The third kappa shape index (κ3) is 3.47. The zero-order valence-corrected chi connectivity index (χ0v) is 13.6. The van der Waals surface area contributed by atoms with Crippen LogP contribution >= 0.6 is 0 Å². The maximum atomic E-state index is 12.5. The molecule has 2 amide bonds. The molecule has 0 unspecified atom stereocenters. The Morgan fingerprint density at radius 2 is 2.09 bits per heavy atom. The second-order valence-corrected chi connectivity index (χ2v) is 6.18. The van der Waals surface area contributed by atoms with E-state index in [0.717, 1.165) is 11.1 Å². The molecule has 0 saturated carbocycles. The Kier molecular flexibility index (Phi) is 5.19. The van der Waals surface area contributed by atoms with E-state index in [9.17, 15) is 9.59 Å². The first-order valence-electron chi connectivity index (χ1n) is 7.62. The summed E-state index contributed by atoms with van der Waals surface area (Å²) in [4.78, 5) is 26.1. The molecule has 1 aliphatic rings. The van der Waals surface area contributed by atoms with Gasteiger partial charge in [-0.05, 0) is 24.0 Å². The van der Waals surface area contributed by atoms with Gasteiger partial charge < -0.3 is 15.0 Å². The molecule has 0 aromatic heterocycles. The molecule has 2 rings (SSSR count). The number of benzene rings is 1. The van der Waals surface area contributed by atoms with E-state index in [1.807, 2.05) is 45.0 Å². The van der Waals surface area contributed by atoms with E-state index in [0.29, 0.717) is 12.5 Å². The number of nitrogens with one attached hydrogen (secondary N) is 1. The summed E-state index contributed by atoms with van der Waals surface area (Å²) in [5.74, 6) is 0.0891. The van der Waals surface area contributed by atoms with Gasteiger partial charge in [-0.15, -0.1) is 0 Å². The number of hydrogen-bond donors (Lipinski definition) is 1. The molecule has 1 heterocycles. The van der Waals surface area contributed by atoms with Gasteiger partial charge in [-0.25, -0.2) is 0 Å². The first-order valence-corrected chi connectivity index (χ1v) is 7.62. The zero-order valence-electron chi connectivity index (χ0n) is 13.6. The summed E-state index contributed by atoms with van der Waals surface area (Å²) in [5, 5.41) is 2.90. The lowest BCUT2D eigenvalue weighted by atomic mass is 9.94. The average Bonchev–Trinajstić information content (AvgIpc) is 2.48. The summed E-state index contributed by atoms with van der Waals surface area (Å²) in [6.07, 6.45) is -0.678. The molecule has 120 valence electrons. The van der Waals surface area contributed by atoms with Crippen LogP contribution < -0.4 is 5.32 Å². The monoisotopic (exact) mass is 304 g/mol. The molecule has 5 nitrogen and oxygen atoms in total. The van der Waals surface area contributed by atoms with Gasteiger partial charge in [0.2, 0.25) is 5.91 Å². The van der Waals surface area contributed by atoms with Crippen molar-refractivity contribution in [3.63, 3.8) is 0 Å². The second kappa shape index (κ2) is 6.92. The van der Waals surface area contributed by atoms with Gasteiger partial charge >= 0.3 is 0 Å². The predicted octanol–water partition coefficient (Wildman–Crippen LogP) is 1.67. The Labute approximate surface area is 131 Å². The third-order valence-corrected chi connectivity index (χ3v) is 3.93. The van der Waals surface area contributed by atoms with Crippen LogP contribution in [0.5, 0.6) is 0 Å². The number of rotatable bonds is 4. The van der Waals surface area contributed by atoms with Crippen LogP contribution in [-0.4, -0.2) is 43.0 Å². The molecule has 0 bridgehead atoms. The highest BCUT2D eigenvalue weighted by molar-refractivity contribution is 5.86. The van der Waals surface area contributed by atoms with Crippen molar-refractivity contribution in [3.05, 3.63) is 35.4 Å². The summed E-state index contributed by atoms with van der Waals surface area (Å²) in [7, 11) is 1.73. The predicted molar refractivity (Wildman–Crippen MR) is 84.3 cm³/mol. The van der Waals surface area contributed by atoms with E-state index >= 15 is 0 Å². The van der Waals surface area contributed by atoms with Gasteiger partial charge in [0.1, 0.15) is 6.61 Å². The number of hydrogen-bond acceptors (Lipinski definition) is 3. The van der Waals surface area contributed by atoms with Crippen LogP contribution in [0.4, 0.5) is 0 Å². The van der Waals surface area contributed by atoms with Gasteiger partial charge in [0.15, 0.2) is 6.10 Å². The molecule has 0 spiro atoms. The van der Waals surface area contributed by atoms with Gasteiger partial charge in [0.25, 0.3) is 5.91 Å². The molecular weight excluding hydrogens is 280 g/mol.